The van der Waals surface area contributed by atoms with E-state index >= 15 is 0 Å². The lowest BCUT2D eigenvalue weighted by atomic mass is 9.82. The Balaban J connectivity index is 1.31. The van der Waals surface area contributed by atoms with Crippen molar-refractivity contribution < 1.29 is 23.2 Å². The number of Topliss-reactive ketones (excluding diaryl/α,β-unsaturated/α-hetero) is 1. The molecular formula is C28H34FN2O3+. The Labute approximate surface area is 201 Å². The molecule has 4 heterocycles. The van der Waals surface area contributed by atoms with E-state index in [4.69, 9.17) is 4.74 Å². The Bertz CT molecular complexity index is 1010. The van der Waals surface area contributed by atoms with Crippen LogP contribution in [0.5, 0.6) is 0 Å². The number of hydrogen-bond acceptors (Lipinski definition) is 4. The van der Waals surface area contributed by atoms with Crippen LogP contribution in [0.3, 0.4) is 0 Å². The third-order valence-electron chi connectivity index (χ3n) is 8.06. The van der Waals surface area contributed by atoms with Gasteiger partial charge in [0.05, 0.1) is 18.7 Å². The molecule has 0 spiro atoms. The summed E-state index contributed by atoms with van der Waals surface area (Å²) < 4.78 is 21.0. The number of quaternary nitrogens is 1. The Hall–Kier alpha value is -2.57. The Kier molecular flexibility index (Phi) is 6.79. The fourth-order valence-electron chi connectivity index (χ4n) is 6.18. The van der Waals surface area contributed by atoms with Gasteiger partial charge in [-0.2, -0.15) is 0 Å². The van der Waals surface area contributed by atoms with Gasteiger partial charge in [-0.25, -0.2) is 9.18 Å². The second-order valence-corrected chi connectivity index (χ2v) is 10.3. The van der Waals surface area contributed by atoms with Crippen LogP contribution < -0.4 is 0 Å². The van der Waals surface area contributed by atoms with E-state index in [1.165, 1.54) is 12.5 Å². The average Bonchev–Trinajstić information content (AvgIpc) is 2.86. The van der Waals surface area contributed by atoms with Crippen LogP contribution in [0.2, 0.25) is 0 Å². The summed E-state index contributed by atoms with van der Waals surface area (Å²) in [4.78, 5) is 28.8. The third-order valence-corrected chi connectivity index (χ3v) is 8.06. The average molecular weight is 466 g/mol. The topological polar surface area (TPSA) is 46.6 Å². The minimum Gasteiger partial charge on any atom is -0.455 e. The van der Waals surface area contributed by atoms with Crippen LogP contribution in [-0.4, -0.2) is 66.5 Å². The van der Waals surface area contributed by atoms with Crippen molar-refractivity contribution in [3.63, 3.8) is 0 Å². The molecule has 5 nitrogen and oxygen atoms in total. The Morgan fingerprint density at radius 3 is 2.35 bits per heavy atom. The van der Waals surface area contributed by atoms with Gasteiger partial charge in [0.25, 0.3) is 0 Å². The number of likely N-dealkylation sites (tertiary alicyclic amines) is 1. The predicted molar refractivity (Wildman–Crippen MR) is 128 cm³/mol. The Morgan fingerprint density at radius 1 is 0.971 bits per heavy atom. The molecule has 0 aliphatic carbocycles. The van der Waals surface area contributed by atoms with Crippen molar-refractivity contribution in [2.75, 3.05) is 39.3 Å². The molecule has 2 atom stereocenters. The highest BCUT2D eigenvalue weighted by Gasteiger charge is 2.49. The molecule has 180 valence electrons. The monoisotopic (exact) mass is 465 g/mol. The van der Waals surface area contributed by atoms with Crippen molar-refractivity contribution >= 4 is 11.8 Å². The van der Waals surface area contributed by atoms with E-state index in [1.54, 1.807) is 18.2 Å². The van der Waals surface area contributed by atoms with Crippen LogP contribution >= 0.6 is 0 Å². The Morgan fingerprint density at radius 2 is 1.65 bits per heavy atom. The second kappa shape index (κ2) is 9.96. The first-order valence-electron chi connectivity index (χ1n) is 12.7. The molecule has 0 N–H and O–H groups in total. The molecule has 0 saturated carbocycles. The number of fused-ring (bicyclic) bond motifs is 3. The lowest BCUT2D eigenvalue weighted by Gasteiger charge is -2.51. The summed E-state index contributed by atoms with van der Waals surface area (Å²) in [6.07, 6.45) is 5.07. The maximum Gasteiger partial charge on any atom is 0.328 e. The smallest absolute Gasteiger partial charge is 0.328 e. The number of halogens is 1. The van der Waals surface area contributed by atoms with Crippen LogP contribution in [0.25, 0.3) is 0 Å². The second-order valence-electron chi connectivity index (χ2n) is 10.3. The van der Waals surface area contributed by atoms with Crippen molar-refractivity contribution in [3.05, 3.63) is 71.5 Å². The van der Waals surface area contributed by atoms with Gasteiger partial charge < -0.3 is 9.22 Å². The first-order chi connectivity index (χ1) is 16.5. The minimum absolute atomic E-state index is 0.158. The van der Waals surface area contributed by atoms with Crippen molar-refractivity contribution in [2.45, 2.75) is 44.2 Å². The molecule has 0 amide bonds. The summed E-state index contributed by atoms with van der Waals surface area (Å²) in [7, 11) is 0. The predicted octanol–water partition coefficient (Wildman–Crippen LogP) is 4.39. The van der Waals surface area contributed by atoms with E-state index in [1.807, 2.05) is 30.3 Å². The zero-order valence-corrected chi connectivity index (χ0v) is 19.7. The van der Waals surface area contributed by atoms with Gasteiger partial charge in [-0.15, -0.1) is 0 Å². The normalized spacial score (nSPS) is 27.8. The number of ether oxygens (including phenoxy) is 1. The fourth-order valence-corrected chi connectivity index (χ4v) is 6.18. The highest BCUT2D eigenvalue weighted by molar-refractivity contribution is 5.97. The molecule has 2 aromatic rings. The van der Waals surface area contributed by atoms with E-state index in [9.17, 15) is 14.0 Å². The summed E-state index contributed by atoms with van der Waals surface area (Å²) in [5.74, 6) is -0.470. The number of carbonyl (C=O) groups excluding carboxylic acids is 2. The number of hydrogen-bond donors (Lipinski definition) is 0. The van der Waals surface area contributed by atoms with Crippen LogP contribution in [-0.2, 0) is 9.53 Å². The minimum atomic E-state index is -0.465. The molecule has 6 heteroatoms. The van der Waals surface area contributed by atoms with Gasteiger partial charge in [-0.05, 0) is 43.6 Å². The lowest BCUT2D eigenvalue weighted by Crippen LogP contribution is -2.66. The molecule has 34 heavy (non-hydrogen) atoms. The van der Waals surface area contributed by atoms with E-state index in [2.05, 4.69) is 4.90 Å². The maximum absolute atomic E-state index is 14.2. The van der Waals surface area contributed by atoms with Crippen molar-refractivity contribution in [2.24, 2.45) is 5.92 Å². The first-order valence-corrected chi connectivity index (χ1v) is 12.7. The number of rotatable bonds is 7. The van der Waals surface area contributed by atoms with Gasteiger partial charge in [0.1, 0.15) is 24.9 Å². The number of benzene rings is 2. The number of ketones is 1. The molecule has 4 saturated heterocycles. The van der Waals surface area contributed by atoms with Gasteiger partial charge in [0.15, 0.2) is 6.10 Å². The van der Waals surface area contributed by atoms with Crippen LogP contribution in [0.1, 0.15) is 54.1 Å². The fraction of sp³-hybridized carbons (Fsp3) is 0.500. The van der Waals surface area contributed by atoms with Gasteiger partial charge in [0, 0.05) is 18.8 Å². The van der Waals surface area contributed by atoms with Crippen molar-refractivity contribution in [1.82, 2.24) is 4.90 Å². The number of carbonyl (C=O) groups is 2. The van der Waals surface area contributed by atoms with Crippen LogP contribution in [0.4, 0.5) is 4.39 Å². The molecule has 4 aliphatic heterocycles. The third kappa shape index (κ3) is 4.80. The van der Waals surface area contributed by atoms with Gasteiger partial charge in [-0.1, -0.05) is 48.9 Å². The van der Waals surface area contributed by atoms with Crippen molar-refractivity contribution in [3.8, 4) is 0 Å². The SMILES string of the molecule is O=C(C[N+]12CCC(CC1)[C@@H](OC(=O)C(c1ccccc1)N1CCCCC1)C2)c1ccccc1F. The maximum atomic E-state index is 14.2. The molecule has 0 radical (unpaired) electrons. The highest BCUT2D eigenvalue weighted by atomic mass is 19.1. The van der Waals surface area contributed by atoms with Gasteiger partial charge in [0.2, 0.25) is 5.78 Å². The van der Waals surface area contributed by atoms with E-state index < -0.39 is 5.82 Å². The van der Waals surface area contributed by atoms with E-state index in [0.29, 0.717) is 16.9 Å². The molecule has 6 rings (SSSR count). The van der Waals surface area contributed by atoms with Crippen molar-refractivity contribution in [1.29, 1.82) is 0 Å². The summed E-state index contributed by atoms with van der Waals surface area (Å²) in [5.41, 5.74) is 1.14. The molecule has 2 aromatic carbocycles. The van der Waals surface area contributed by atoms with Crippen LogP contribution in [0.15, 0.2) is 54.6 Å². The summed E-state index contributed by atoms with van der Waals surface area (Å²) in [5, 5.41) is 0. The molecular weight excluding hydrogens is 431 g/mol. The first kappa shape index (κ1) is 23.2. The molecule has 4 fully saturated rings. The largest absolute Gasteiger partial charge is 0.455 e. The number of nitrogens with zero attached hydrogens (tertiary/aromatic N) is 2. The molecule has 1 unspecified atom stereocenters. The highest BCUT2D eigenvalue weighted by Crippen LogP contribution is 2.37. The van der Waals surface area contributed by atoms with E-state index in [-0.39, 0.29) is 36.0 Å². The summed E-state index contributed by atoms with van der Waals surface area (Å²) in [6.45, 7) is 4.47. The number of esters is 1. The number of piperidine rings is 4. The quantitative estimate of drug-likeness (QED) is 0.346. The van der Waals surface area contributed by atoms with Crippen LogP contribution in [0, 0.1) is 11.7 Å². The van der Waals surface area contributed by atoms with Gasteiger partial charge in [-0.3, -0.25) is 9.69 Å². The molecule has 4 aliphatic rings. The zero-order valence-electron chi connectivity index (χ0n) is 19.7. The molecule has 2 bridgehead atoms. The van der Waals surface area contributed by atoms with E-state index in [0.717, 1.165) is 57.4 Å². The summed E-state index contributed by atoms with van der Waals surface area (Å²) >= 11 is 0. The zero-order chi connectivity index (χ0) is 23.5. The van der Waals surface area contributed by atoms with Gasteiger partial charge >= 0.3 is 5.97 Å². The summed E-state index contributed by atoms with van der Waals surface area (Å²) in [6, 6.07) is 15.8. The lowest BCUT2D eigenvalue weighted by molar-refractivity contribution is -0.938. The standard InChI is InChI=1S/C28H34FN2O3/c29-24-12-6-5-11-23(24)25(32)19-31-17-13-21(14-18-31)26(20-31)34-28(33)27(22-9-3-1-4-10-22)30-15-7-2-8-16-30/h1,3-6,9-12,21,26-27H,2,7-8,13-20H2/q+1/t21?,26-,27?,31?/m0/s1. The molecule has 0 aromatic heterocycles.